The van der Waals surface area contributed by atoms with Crippen LogP contribution in [0, 0.1) is 0 Å². The van der Waals surface area contributed by atoms with Crippen LogP contribution in [0.5, 0.6) is 0 Å². The smallest absolute Gasteiger partial charge is 0.236 e. The van der Waals surface area contributed by atoms with Crippen molar-refractivity contribution in [2.24, 2.45) is 5.73 Å². The Morgan fingerprint density at radius 3 is 1.30 bits per heavy atom. The van der Waals surface area contributed by atoms with Gasteiger partial charge in [-0.25, -0.2) is 0 Å². The third-order valence-electron chi connectivity index (χ3n) is 8.40. The molecule has 0 fully saturated rings. The van der Waals surface area contributed by atoms with E-state index in [0.29, 0.717) is 25.9 Å². The second-order valence-corrected chi connectivity index (χ2v) is 13.0. The van der Waals surface area contributed by atoms with E-state index in [9.17, 15) is 9.59 Å². The number of carbonyl (C=O) groups is 2. The largest absolute Gasteiger partial charge is 0.356 e. The van der Waals surface area contributed by atoms with Crippen LogP contribution in [0.25, 0.3) is 0 Å². The first-order chi connectivity index (χ1) is 22.6. The van der Waals surface area contributed by atoms with E-state index in [4.69, 9.17) is 5.73 Å². The van der Waals surface area contributed by atoms with Crippen molar-refractivity contribution in [3.8, 4) is 0 Å². The normalized spacial score (nSPS) is 12.7. The van der Waals surface area contributed by atoms with Crippen molar-refractivity contribution in [2.45, 2.75) is 187 Å². The Morgan fingerprint density at radius 2 is 0.870 bits per heavy atom. The highest BCUT2D eigenvalue weighted by Gasteiger charge is 2.14. The van der Waals surface area contributed by atoms with Crippen LogP contribution < -0.4 is 16.4 Å². The molecule has 0 aliphatic carbocycles. The zero-order chi connectivity index (χ0) is 33.6. The van der Waals surface area contributed by atoms with E-state index < -0.39 is 6.04 Å². The fourth-order valence-electron chi connectivity index (χ4n) is 5.30. The maximum atomic E-state index is 12.3. The van der Waals surface area contributed by atoms with Crippen molar-refractivity contribution >= 4 is 11.8 Å². The van der Waals surface area contributed by atoms with Gasteiger partial charge in [0.25, 0.3) is 0 Å². The summed E-state index contributed by atoms with van der Waals surface area (Å²) in [4.78, 5) is 24.4. The SMILES string of the molecule is CCCCC/C=C\C/C=C\CCCCCCCCNC(=O)CCC(N)C(=O)NCCCCCCCC/C=C\C/C=C\CCCCC. The van der Waals surface area contributed by atoms with Crippen molar-refractivity contribution in [3.05, 3.63) is 48.6 Å². The fraction of sp³-hybridized carbons (Fsp3) is 0.756. The molecule has 1 unspecified atom stereocenters. The minimum absolute atomic E-state index is 0.00373. The van der Waals surface area contributed by atoms with Gasteiger partial charge < -0.3 is 16.4 Å². The number of carbonyl (C=O) groups excluding carboxylic acids is 2. The van der Waals surface area contributed by atoms with Gasteiger partial charge in [-0.1, -0.05) is 140 Å². The summed E-state index contributed by atoms with van der Waals surface area (Å²) in [5.41, 5.74) is 6.02. The summed E-state index contributed by atoms with van der Waals surface area (Å²) < 4.78 is 0. The van der Waals surface area contributed by atoms with Gasteiger partial charge in [0, 0.05) is 19.5 Å². The fourth-order valence-corrected chi connectivity index (χ4v) is 5.30. The number of unbranched alkanes of at least 4 members (excludes halogenated alkanes) is 18. The number of nitrogens with one attached hydrogen (secondary N) is 2. The minimum Gasteiger partial charge on any atom is -0.356 e. The van der Waals surface area contributed by atoms with E-state index in [1.807, 2.05) is 0 Å². The predicted octanol–water partition coefficient (Wildman–Crippen LogP) is 11.0. The molecule has 5 heteroatoms. The highest BCUT2D eigenvalue weighted by atomic mass is 16.2. The van der Waals surface area contributed by atoms with E-state index in [2.05, 4.69) is 73.1 Å². The summed E-state index contributed by atoms with van der Waals surface area (Å²) in [5, 5.41) is 5.93. The van der Waals surface area contributed by atoms with Gasteiger partial charge in [0.2, 0.25) is 11.8 Å². The van der Waals surface area contributed by atoms with Gasteiger partial charge in [-0.05, 0) is 83.5 Å². The van der Waals surface area contributed by atoms with Crippen LogP contribution in [-0.2, 0) is 9.59 Å². The average molecular weight is 642 g/mol. The summed E-state index contributed by atoms with van der Waals surface area (Å²) in [6.07, 6.45) is 48.2. The average Bonchev–Trinajstić information content (AvgIpc) is 3.06. The van der Waals surface area contributed by atoms with E-state index in [1.165, 1.54) is 116 Å². The summed E-state index contributed by atoms with van der Waals surface area (Å²) in [6.45, 7) is 5.87. The van der Waals surface area contributed by atoms with Crippen LogP contribution in [0.2, 0.25) is 0 Å². The molecule has 2 amide bonds. The monoisotopic (exact) mass is 642 g/mol. The lowest BCUT2D eigenvalue weighted by Gasteiger charge is -2.12. The molecule has 0 bridgehead atoms. The molecule has 266 valence electrons. The molecule has 0 aliphatic heterocycles. The molecular weight excluding hydrogens is 566 g/mol. The Bertz CT molecular complexity index is 787. The molecule has 0 radical (unpaired) electrons. The quantitative estimate of drug-likeness (QED) is 0.0483. The van der Waals surface area contributed by atoms with Gasteiger partial charge in [0.05, 0.1) is 6.04 Å². The molecule has 0 aromatic carbocycles. The standard InChI is InChI=1S/C41H75N3O2/c1-3-5-7-9-11-13-15-17-19-21-23-25-27-29-31-33-37-43-40(45)36-35-39(42)41(46)44-38-34-32-30-28-26-24-22-20-18-16-14-12-10-8-6-4-2/h11-14,17-20,39H,3-10,15-16,21-38,42H2,1-2H3,(H,43,45)(H,44,46)/b13-11-,14-12-,19-17-,20-18-. The first-order valence-corrected chi connectivity index (χ1v) is 19.5. The lowest BCUT2D eigenvalue weighted by molar-refractivity contribution is -0.123. The zero-order valence-corrected chi connectivity index (χ0v) is 30.4. The third-order valence-corrected chi connectivity index (χ3v) is 8.40. The second-order valence-electron chi connectivity index (χ2n) is 13.0. The number of amides is 2. The van der Waals surface area contributed by atoms with E-state index in [1.54, 1.807) is 0 Å². The van der Waals surface area contributed by atoms with Gasteiger partial charge in [0.15, 0.2) is 0 Å². The van der Waals surface area contributed by atoms with Gasteiger partial charge in [0.1, 0.15) is 0 Å². The first-order valence-electron chi connectivity index (χ1n) is 19.5. The van der Waals surface area contributed by atoms with Crippen LogP contribution >= 0.6 is 0 Å². The van der Waals surface area contributed by atoms with Gasteiger partial charge in [-0.15, -0.1) is 0 Å². The van der Waals surface area contributed by atoms with Crippen molar-refractivity contribution in [1.29, 1.82) is 0 Å². The van der Waals surface area contributed by atoms with E-state index >= 15 is 0 Å². The second kappa shape index (κ2) is 37.3. The van der Waals surface area contributed by atoms with Crippen LogP contribution in [0.4, 0.5) is 0 Å². The molecule has 0 aromatic heterocycles. The van der Waals surface area contributed by atoms with Gasteiger partial charge in [-0.2, -0.15) is 0 Å². The van der Waals surface area contributed by atoms with Crippen LogP contribution in [0.3, 0.4) is 0 Å². The highest BCUT2D eigenvalue weighted by molar-refractivity contribution is 5.82. The molecule has 0 aromatic rings. The summed E-state index contributed by atoms with van der Waals surface area (Å²) >= 11 is 0. The Balaban J connectivity index is 3.49. The zero-order valence-electron chi connectivity index (χ0n) is 30.4. The molecule has 0 heterocycles. The van der Waals surface area contributed by atoms with Crippen LogP contribution in [0.1, 0.15) is 181 Å². The summed E-state index contributed by atoms with van der Waals surface area (Å²) in [7, 11) is 0. The number of hydrogen-bond donors (Lipinski definition) is 3. The van der Waals surface area contributed by atoms with Crippen molar-refractivity contribution in [1.82, 2.24) is 10.6 Å². The lowest BCUT2D eigenvalue weighted by Crippen LogP contribution is -2.41. The maximum Gasteiger partial charge on any atom is 0.236 e. The number of rotatable bonds is 34. The molecule has 0 spiro atoms. The molecule has 1 atom stereocenters. The van der Waals surface area contributed by atoms with Crippen molar-refractivity contribution in [3.63, 3.8) is 0 Å². The van der Waals surface area contributed by atoms with Gasteiger partial charge >= 0.3 is 0 Å². The van der Waals surface area contributed by atoms with Crippen molar-refractivity contribution in [2.75, 3.05) is 13.1 Å². The highest BCUT2D eigenvalue weighted by Crippen LogP contribution is 2.09. The molecule has 0 saturated heterocycles. The first kappa shape index (κ1) is 43.9. The molecule has 46 heavy (non-hydrogen) atoms. The lowest BCUT2D eigenvalue weighted by atomic mass is 10.1. The molecule has 0 aliphatic rings. The Morgan fingerprint density at radius 1 is 0.500 bits per heavy atom. The Hall–Kier alpha value is -2.14. The maximum absolute atomic E-state index is 12.3. The van der Waals surface area contributed by atoms with E-state index in [-0.39, 0.29) is 11.8 Å². The Labute approximate surface area is 285 Å². The van der Waals surface area contributed by atoms with Crippen molar-refractivity contribution < 1.29 is 9.59 Å². The van der Waals surface area contributed by atoms with Crippen LogP contribution in [-0.4, -0.2) is 30.9 Å². The molecule has 0 saturated carbocycles. The molecule has 0 rings (SSSR count). The minimum atomic E-state index is -0.614. The van der Waals surface area contributed by atoms with Crippen LogP contribution in [0.15, 0.2) is 48.6 Å². The molecule has 4 N–H and O–H groups in total. The number of nitrogens with two attached hydrogens (primary N) is 1. The Kier molecular flexibility index (Phi) is 35.6. The van der Waals surface area contributed by atoms with E-state index in [0.717, 1.165) is 38.5 Å². The third kappa shape index (κ3) is 34.7. The topological polar surface area (TPSA) is 84.2 Å². The molecular formula is C41H75N3O2. The summed E-state index contributed by atoms with van der Waals surface area (Å²) in [6, 6.07) is -0.614. The molecule has 5 nitrogen and oxygen atoms in total. The number of hydrogen-bond acceptors (Lipinski definition) is 3. The predicted molar refractivity (Wildman–Crippen MR) is 202 cm³/mol. The number of allylic oxidation sites excluding steroid dienone is 8. The van der Waals surface area contributed by atoms with Gasteiger partial charge in [-0.3, -0.25) is 9.59 Å². The summed E-state index contributed by atoms with van der Waals surface area (Å²) in [5.74, 6) is -0.142.